The molecule has 0 aromatic rings. The van der Waals surface area contributed by atoms with E-state index in [0.29, 0.717) is 11.6 Å². The van der Waals surface area contributed by atoms with Gasteiger partial charge in [-0.15, -0.1) is 0 Å². The molecule has 0 bridgehead atoms. The van der Waals surface area contributed by atoms with E-state index in [9.17, 15) is 0 Å². The molecule has 0 unspecified atom stereocenters. The van der Waals surface area contributed by atoms with Crippen LogP contribution in [0, 0.1) is 0 Å². The van der Waals surface area contributed by atoms with Crippen molar-refractivity contribution in [3.05, 3.63) is 11.6 Å². The van der Waals surface area contributed by atoms with Gasteiger partial charge in [0.25, 0.3) is 0 Å². The summed E-state index contributed by atoms with van der Waals surface area (Å²) < 4.78 is 0. The lowest BCUT2D eigenvalue weighted by Gasteiger charge is -1.88. The molecule has 0 radical (unpaired) electrons. The molecule has 0 fully saturated rings. The van der Waals surface area contributed by atoms with E-state index in [1.165, 1.54) is 0 Å². The second-order valence-electron chi connectivity index (χ2n) is 1.26. The van der Waals surface area contributed by atoms with E-state index in [-0.39, 0.29) is 5.96 Å². The molecule has 0 saturated heterocycles. The molecule has 0 heterocycles. The molecule has 0 aliphatic heterocycles. The van der Waals surface area contributed by atoms with Crippen LogP contribution in [0.15, 0.2) is 16.6 Å². The van der Waals surface area contributed by atoms with E-state index >= 15 is 0 Å². The van der Waals surface area contributed by atoms with E-state index in [0.717, 1.165) is 0 Å². The average Bonchev–Trinajstić information content (AvgIpc) is 1.61. The molecule has 0 aliphatic carbocycles. The van der Waals surface area contributed by atoms with Gasteiger partial charge in [-0.3, -0.25) is 0 Å². The lowest BCUT2D eigenvalue weighted by Crippen LogP contribution is -2.22. The zero-order valence-electron chi connectivity index (χ0n) is 4.39. The van der Waals surface area contributed by atoms with Crippen molar-refractivity contribution >= 4 is 17.6 Å². The van der Waals surface area contributed by atoms with Gasteiger partial charge in [-0.1, -0.05) is 18.2 Å². The SMILES string of the molecule is C=C(Cl)CN=C(N)N. The Morgan fingerprint density at radius 1 is 1.62 bits per heavy atom. The summed E-state index contributed by atoms with van der Waals surface area (Å²) in [5.74, 6) is 0.0341. The van der Waals surface area contributed by atoms with Crippen LogP contribution in [0.1, 0.15) is 0 Å². The first-order valence-electron chi connectivity index (χ1n) is 2.01. The number of nitrogens with two attached hydrogens (primary N) is 2. The van der Waals surface area contributed by atoms with Gasteiger partial charge in [0, 0.05) is 5.03 Å². The van der Waals surface area contributed by atoms with Crippen LogP contribution in [0.2, 0.25) is 0 Å². The molecule has 0 aliphatic rings. The predicted molar refractivity (Wildman–Crippen MR) is 35.7 cm³/mol. The smallest absolute Gasteiger partial charge is 0.186 e. The first-order chi connectivity index (χ1) is 3.63. The van der Waals surface area contributed by atoms with Crippen LogP contribution in [0.5, 0.6) is 0 Å². The molecule has 46 valence electrons. The Hall–Kier alpha value is -0.700. The number of hydrogen-bond acceptors (Lipinski definition) is 1. The maximum absolute atomic E-state index is 5.31. The number of guanidine groups is 1. The molecular formula is C4H8ClN3. The van der Waals surface area contributed by atoms with Crippen LogP contribution in [-0.2, 0) is 0 Å². The Kier molecular flexibility index (Phi) is 3.03. The van der Waals surface area contributed by atoms with Crippen molar-refractivity contribution in [2.24, 2.45) is 16.5 Å². The van der Waals surface area contributed by atoms with Crippen molar-refractivity contribution in [2.75, 3.05) is 6.54 Å². The summed E-state index contributed by atoms with van der Waals surface area (Å²) in [6.07, 6.45) is 0. The van der Waals surface area contributed by atoms with Crippen molar-refractivity contribution in [2.45, 2.75) is 0 Å². The number of nitrogens with zero attached hydrogens (tertiary/aromatic N) is 1. The molecule has 4 N–H and O–H groups in total. The van der Waals surface area contributed by atoms with Crippen LogP contribution in [0.3, 0.4) is 0 Å². The van der Waals surface area contributed by atoms with Crippen molar-refractivity contribution in [1.29, 1.82) is 0 Å². The van der Waals surface area contributed by atoms with Crippen molar-refractivity contribution in [3.8, 4) is 0 Å². The third-order valence-corrected chi connectivity index (χ3v) is 0.553. The van der Waals surface area contributed by atoms with E-state index < -0.39 is 0 Å². The summed E-state index contributed by atoms with van der Waals surface area (Å²) >= 11 is 5.31. The van der Waals surface area contributed by atoms with E-state index in [1.807, 2.05) is 0 Å². The zero-order valence-corrected chi connectivity index (χ0v) is 5.15. The fourth-order valence-electron chi connectivity index (χ4n) is 0.177. The number of aliphatic imine (C=N–C) groups is 1. The molecular weight excluding hydrogens is 126 g/mol. The maximum Gasteiger partial charge on any atom is 0.186 e. The van der Waals surface area contributed by atoms with Gasteiger partial charge in [-0.25, -0.2) is 4.99 Å². The highest BCUT2D eigenvalue weighted by molar-refractivity contribution is 6.29. The summed E-state index contributed by atoms with van der Waals surface area (Å²) in [6.45, 7) is 3.67. The lowest BCUT2D eigenvalue weighted by atomic mass is 10.6. The topological polar surface area (TPSA) is 64.4 Å². The van der Waals surface area contributed by atoms with Crippen molar-refractivity contribution in [1.82, 2.24) is 0 Å². The predicted octanol–water partition coefficient (Wildman–Crippen LogP) is 0.0123. The standard InChI is InChI=1S/C4H8ClN3/c1-3(5)2-8-4(6)7/h1-2H2,(H4,6,7,8). The first kappa shape index (κ1) is 7.30. The number of halogens is 1. The average molecular weight is 134 g/mol. The van der Waals surface area contributed by atoms with Crippen LogP contribution in [-0.4, -0.2) is 12.5 Å². The molecule has 3 nitrogen and oxygen atoms in total. The highest BCUT2D eigenvalue weighted by atomic mass is 35.5. The summed E-state index contributed by atoms with van der Waals surface area (Å²) in [5.41, 5.74) is 9.94. The molecule has 0 amide bonds. The molecule has 0 aromatic heterocycles. The van der Waals surface area contributed by atoms with Gasteiger partial charge in [0.1, 0.15) is 0 Å². The molecule has 8 heavy (non-hydrogen) atoms. The van der Waals surface area contributed by atoms with Crippen LogP contribution >= 0.6 is 11.6 Å². The third kappa shape index (κ3) is 5.30. The van der Waals surface area contributed by atoms with Gasteiger partial charge in [0.05, 0.1) is 6.54 Å². The monoisotopic (exact) mass is 133 g/mol. The number of hydrogen-bond donors (Lipinski definition) is 2. The minimum Gasteiger partial charge on any atom is -0.370 e. The minimum absolute atomic E-state index is 0.0341. The highest BCUT2D eigenvalue weighted by Crippen LogP contribution is 1.94. The van der Waals surface area contributed by atoms with Gasteiger partial charge in [-0.05, 0) is 0 Å². The Morgan fingerprint density at radius 3 is 2.25 bits per heavy atom. The third-order valence-electron chi connectivity index (χ3n) is 0.433. The second-order valence-corrected chi connectivity index (χ2v) is 1.79. The van der Waals surface area contributed by atoms with Gasteiger partial charge < -0.3 is 11.5 Å². The molecule has 0 rings (SSSR count). The normalized spacial score (nSPS) is 8.12. The highest BCUT2D eigenvalue weighted by Gasteiger charge is 1.82. The van der Waals surface area contributed by atoms with Gasteiger partial charge in [-0.2, -0.15) is 0 Å². The van der Waals surface area contributed by atoms with Crippen molar-refractivity contribution < 1.29 is 0 Å². The quantitative estimate of drug-likeness (QED) is 0.412. The first-order valence-corrected chi connectivity index (χ1v) is 2.39. The van der Waals surface area contributed by atoms with E-state index in [1.54, 1.807) is 0 Å². The van der Waals surface area contributed by atoms with Crippen LogP contribution in [0.25, 0.3) is 0 Å². The minimum atomic E-state index is 0.0341. The Bertz CT molecular complexity index is 114. The van der Waals surface area contributed by atoms with Crippen molar-refractivity contribution in [3.63, 3.8) is 0 Å². The Morgan fingerprint density at radius 2 is 2.12 bits per heavy atom. The largest absolute Gasteiger partial charge is 0.370 e. The molecule has 0 atom stereocenters. The summed E-state index contributed by atoms with van der Waals surface area (Å²) in [4.78, 5) is 3.56. The summed E-state index contributed by atoms with van der Waals surface area (Å²) in [5, 5.41) is 0.429. The second kappa shape index (κ2) is 3.32. The molecule has 0 aromatic carbocycles. The summed E-state index contributed by atoms with van der Waals surface area (Å²) in [7, 11) is 0. The van der Waals surface area contributed by atoms with Gasteiger partial charge in [0.2, 0.25) is 0 Å². The molecule has 4 heteroatoms. The van der Waals surface area contributed by atoms with E-state index in [2.05, 4.69) is 11.6 Å². The van der Waals surface area contributed by atoms with Gasteiger partial charge in [0.15, 0.2) is 5.96 Å². The van der Waals surface area contributed by atoms with E-state index in [4.69, 9.17) is 23.1 Å². The maximum atomic E-state index is 5.31. The Labute approximate surface area is 53.0 Å². The molecule has 0 spiro atoms. The number of rotatable bonds is 2. The fraction of sp³-hybridized carbons (Fsp3) is 0.250. The van der Waals surface area contributed by atoms with Crippen LogP contribution < -0.4 is 11.5 Å². The Balaban J connectivity index is 3.45. The zero-order chi connectivity index (χ0) is 6.57. The molecule has 0 saturated carbocycles. The van der Waals surface area contributed by atoms with Crippen LogP contribution in [0.4, 0.5) is 0 Å². The lowest BCUT2D eigenvalue weighted by molar-refractivity contribution is 1.20. The summed E-state index contributed by atoms with van der Waals surface area (Å²) in [6, 6.07) is 0. The van der Waals surface area contributed by atoms with Gasteiger partial charge >= 0.3 is 0 Å². The fourth-order valence-corrected chi connectivity index (χ4v) is 0.237.